The Balaban J connectivity index is 1.31. The number of para-hydroxylation sites is 1. The van der Waals surface area contributed by atoms with Crippen molar-refractivity contribution >= 4 is 62.9 Å². The number of nitrogens with one attached hydrogen (secondary N) is 2. The molecule has 1 aliphatic carbocycles. The Hall–Kier alpha value is -5.10. The van der Waals surface area contributed by atoms with Crippen LogP contribution in [0.15, 0.2) is 77.6 Å². The number of benzene rings is 4. The summed E-state index contributed by atoms with van der Waals surface area (Å²) < 4.78 is 11.9. The topological polar surface area (TPSA) is 102 Å². The first kappa shape index (κ1) is 36.7. The van der Waals surface area contributed by atoms with Crippen molar-refractivity contribution in [1.29, 1.82) is 0 Å². The molecule has 266 valence electrons. The van der Waals surface area contributed by atoms with Crippen molar-refractivity contribution < 1.29 is 19.1 Å². The highest BCUT2D eigenvalue weighted by molar-refractivity contribution is 6.38. The van der Waals surface area contributed by atoms with Gasteiger partial charge in [-0.1, -0.05) is 130 Å². The van der Waals surface area contributed by atoms with Crippen LogP contribution in [0.25, 0.3) is 26.9 Å². The maximum atomic E-state index is 14.3. The van der Waals surface area contributed by atoms with Crippen molar-refractivity contribution in [1.82, 2.24) is 4.98 Å². The minimum atomic E-state index is -0.604. The fraction of sp³-hybridized carbons (Fsp3) is 0.286. The molecule has 0 saturated carbocycles. The summed E-state index contributed by atoms with van der Waals surface area (Å²) in [6.45, 7) is 10.4. The zero-order valence-electron chi connectivity index (χ0n) is 29.0. The molecule has 0 fully saturated rings. The lowest BCUT2D eigenvalue weighted by molar-refractivity contribution is 0.0497. The number of ketones is 1. The zero-order valence-corrected chi connectivity index (χ0v) is 30.5. The van der Waals surface area contributed by atoms with Gasteiger partial charge in [0.1, 0.15) is 5.75 Å². The highest BCUT2D eigenvalue weighted by Gasteiger charge is 2.33. The molecule has 5 aromatic rings. The van der Waals surface area contributed by atoms with Crippen LogP contribution in [0.5, 0.6) is 11.5 Å². The number of hydrogen-bond donors (Lipinski definition) is 2. The summed E-state index contributed by atoms with van der Waals surface area (Å²) in [6.07, 6.45) is 11.7. The van der Waals surface area contributed by atoms with Crippen molar-refractivity contribution in [3.05, 3.63) is 121 Å². The highest BCUT2D eigenvalue weighted by Crippen LogP contribution is 2.49. The van der Waals surface area contributed by atoms with E-state index in [-0.39, 0.29) is 56.2 Å². The molecule has 0 aliphatic heterocycles. The Bertz CT molecular complexity index is 2230. The normalized spacial score (nSPS) is 11.6. The Labute approximate surface area is 312 Å². The third-order valence-corrected chi connectivity index (χ3v) is 9.88. The van der Waals surface area contributed by atoms with Gasteiger partial charge in [-0.3, -0.25) is 9.59 Å². The smallest absolute Gasteiger partial charge is 0.339 e. The van der Waals surface area contributed by atoms with Crippen LogP contribution in [0.4, 0.5) is 17.1 Å². The number of nitrogens with zero attached hydrogens (tertiary/aromatic N) is 1. The van der Waals surface area contributed by atoms with Gasteiger partial charge in [-0.25, -0.2) is 9.64 Å². The monoisotopic (exact) mass is 735 g/mol. The molecule has 1 heterocycles. The summed E-state index contributed by atoms with van der Waals surface area (Å²) in [5.41, 5.74) is 1.57. The Morgan fingerprint density at radius 2 is 1.44 bits per heavy atom. The second-order valence-corrected chi connectivity index (χ2v) is 13.7. The predicted octanol–water partition coefficient (Wildman–Crippen LogP) is 12.2. The lowest BCUT2D eigenvalue weighted by Gasteiger charge is -2.25. The number of carbonyl (C=O) groups excluding carboxylic acids is 2. The largest absolute Gasteiger partial charge is 0.462 e. The van der Waals surface area contributed by atoms with Gasteiger partial charge in [0.05, 0.1) is 51.2 Å². The number of fused-ring (bicyclic) bond motifs is 2. The van der Waals surface area contributed by atoms with Crippen molar-refractivity contribution in [2.24, 2.45) is 0 Å². The molecule has 0 amide bonds. The van der Waals surface area contributed by atoms with E-state index in [1.807, 2.05) is 18.2 Å². The average Bonchev–Trinajstić information content (AvgIpc) is 3.14. The number of halogens is 2. The van der Waals surface area contributed by atoms with Gasteiger partial charge >= 0.3 is 5.97 Å². The van der Waals surface area contributed by atoms with E-state index in [4.69, 9.17) is 39.2 Å². The van der Waals surface area contributed by atoms with Gasteiger partial charge in [-0.2, -0.15) is 0 Å². The number of aromatic nitrogens is 1. The van der Waals surface area contributed by atoms with Gasteiger partial charge in [-0.15, -0.1) is 0 Å². The van der Waals surface area contributed by atoms with Gasteiger partial charge in [0, 0.05) is 22.6 Å². The second kappa shape index (κ2) is 16.9. The summed E-state index contributed by atoms with van der Waals surface area (Å²) >= 11 is 13.2. The van der Waals surface area contributed by atoms with Crippen LogP contribution >= 0.6 is 23.2 Å². The number of anilines is 2. The lowest BCUT2D eigenvalue weighted by Crippen LogP contribution is -2.17. The van der Waals surface area contributed by atoms with E-state index in [1.165, 1.54) is 57.1 Å². The molecule has 1 aromatic heterocycles. The van der Waals surface area contributed by atoms with Gasteiger partial charge in [0.15, 0.2) is 11.5 Å². The van der Waals surface area contributed by atoms with Crippen LogP contribution in [0.2, 0.25) is 10.0 Å². The molecule has 10 heteroatoms. The van der Waals surface area contributed by atoms with Crippen LogP contribution in [-0.2, 0) is 4.74 Å². The first-order chi connectivity index (χ1) is 25.3. The van der Waals surface area contributed by atoms with Crippen LogP contribution < -0.4 is 15.6 Å². The molecule has 4 aromatic carbocycles. The van der Waals surface area contributed by atoms with Crippen LogP contribution in [0.1, 0.15) is 97.4 Å². The van der Waals surface area contributed by atoms with E-state index in [1.54, 1.807) is 42.5 Å². The second-order valence-electron chi connectivity index (χ2n) is 12.9. The van der Waals surface area contributed by atoms with Crippen LogP contribution in [0.3, 0.4) is 0 Å². The zero-order chi connectivity index (χ0) is 36.6. The molecule has 52 heavy (non-hydrogen) atoms. The third kappa shape index (κ3) is 7.86. The maximum Gasteiger partial charge on any atom is 0.339 e. The molecule has 6 rings (SSSR count). The fourth-order valence-electron chi connectivity index (χ4n) is 6.65. The molecule has 0 atom stereocenters. The van der Waals surface area contributed by atoms with Gasteiger partial charge < -0.3 is 19.8 Å². The third-order valence-electron chi connectivity index (χ3n) is 9.26. The molecule has 1 aliphatic rings. The number of rotatable bonds is 16. The summed E-state index contributed by atoms with van der Waals surface area (Å²) in [6, 6.07) is 20.4. The van der Waals surface area contributed by atoms with Crippen molar-refractivity contribution in [3.63, 3.8) is 0 Å². The summed E-state index contributed by atoms with van der Waals surface area (Å²) in [4.78, 5) is 47.2. The Morgan fingerprint density at radius 3 is 2.13 bits per heavy atom. The van der Waals surface area contributed by atoms with Crippen LogP contribution in [-0.4, -0.2) is 23.3 Å². The van der Waals surface area contributed by atoms with E-state index in [0.717, 1.165) is 19.3 Å². The lowest BCUT2D eigenvalue weighted by atomic mass is 9.82. The molecular weight excluding hydrogens is 697 g/mol. The molecule has 2 N–H and O–H groups in total. The quantitative estimate of drug-likeness (QED) is 0.0583. The van der Waals surface area contributed by atoms with E-state index in [9.17, 15) is 14.4 Å². The van der Waals surface area contributed by atoms with E-state index >= 15 is 0 Å². The number of pyridine rings is 1. The van der Waals surface area contributed by atoms with E-state index in [0.29, 0.717) is 33.5 Å². The van der Waals surface area contributed by atoms with Gasteiger partial charge in [-0.05, 0) is 36.2 Å². The number of H-pyrrole nitrogens is 1. The number of ether oxygens (including phenoxy) is 2. The fourth-order valence-corrected chi connectivity index (χ4v) is 7.16. The Kier molecular flexibility index (Phi) is 12.0. The number of esters is 1. The average molecular weight is 737 g/mol. The highest BCUT2D eigenvalue weighted by atomic mass is 35.5. The first-order valence-corrected chi connectivity index (χ1v) is 18.5. The summed E-state index contributed by atoms with van der Waals surface area (Å²) in [5.74, 6) is -0.193. The molecule has 0 spiro atoms. The molecule has 0 unspecified atom stereocenters. The minimum Gasteiger partial charge on any atom is -0.462 e. The van der Waals surface area contributed by atoms with E-state index in [2.05, 4.69) is 22.1 Å². The maximum absolute atomic E-state index is 14.3. The van der Waals surface area contributed by atoms with Crippen molar-refractivity contribution in [2.45, 2.75) is 71.1 Å². The minimum absolute atomic E-state index is 0.118. The van der Waals surface area contributed by atoms with Gasteiger partial charge in [0.2, 0.25) is 0 Å². The summed E-state index contributed by atoms with van der Waals surface area (Å²) in [5, 5.41) is 3.93. The van der Waals surface area contributed by atoms with E-state index < -0.39 is 11.5 Å². The van der Waals surface area contributed by atoms with Crippen molar-refractivity contribution in [3.8, 4) is 22.6 Å². The SMILES string of the molecule is [C-]#[N+]c1c2c3c(c(Nc4cc(C(=O)OCCCCCCCCCCCC)c(Cl)cc4Cl)cc(Oc4ccccc4)c3[nH]c1=O)C(=O)c1ccccc1-2. The standard InChI is InChI=1S/C42H39Cl2N3O5/c1-3-4-5-6-7-8-9-10-11-17-22-51-42(50)29-23-32(31(44)24-30(29)43)46-33-25-34(52-26-18-13-12-14-19-26)38-37-35(39(45-2)41(49)47-38)27-20-15-16-21-28(27)40(48)36(33)37/h12-16,18-21,23-25,46H,3-11,17,22H2,1H3,(H,47,49). The molecule has 0 saturated heterocycles. The molecule has 8 nitrogen and oxygen atoms in total. The number of unbranched alkanes of at least 4 members (excludes halogenated alkanes) is 9. The molecule has 0 bridgehead atoms. The van der Waals surface area contributed by atoms with Crippen molar-refractivity contribution in [2.75, 3.05) is 11.9 Å². The first-order valence-electron chi connectivity index (χ1n) is 17.8. The number of carbonyl (C=O) groups is 2. The number of hydrogen-bond acceptors (Lipinski definition) is 6. The molecule has 0 radical (unpaired) electrons. The predicted molar refractivity (Wildman–Crippen MR) is 208 cm³/mol. The Morgan fingerprint density at radius 1 is 0.788 bits per heavy atom. The van der Waals surface area contributed by atoms with Crippen LogP contribution in [0, 0.1) is 6.57 Å². The molecular formula is C42H39Cl2N3O5. The summed E-state index contributed by atoms with van der Waals surface area (Å²) in [7, 11) is 0. The number of aromatic amines is 1. The van der Waals surface area contributed by atoms with Gasteiger partial charge in [0.25, 0.3) is 11.2 Å².